The maximum Gasteiger partial charge on any atom is 0.337 e. The van der Waals surface area contributed by atoms with Crippen LogP contribution >= 0.6 is 0 Å². The fraction of sp³-hybridized carbons (Fsp3) is 0.188. The fourth-order valence-corrected chi connectivity index (χ4v) is 3.45. The molecule has 0 aliphatic heterocycles. The lowest BCUT2D eigenvalue weighted by molar-refractivity contribution is 0.0697. The SMILES string of the molecule is CNc1ccc(S(=O)(=O)NC(C)c2ccccc2)cc1C(=O)O. The van der Waals surface area contributed by atoms with Gasteiger partial charge in [0, 0.05) is 18.8 Å². The van der Waals surface area contributed by atoms with Crippen molar-refractivity contribution in [3.8, 4) is 0 Å². The summed E-state index contributed by atoms with van der Waals surface area (Å²) in [6, 6.07) is 12.7. The normalized spacial score (nSPS) is 12.6. The number of hydrogen-bond acceptors (Lipinski definition) is 4. The Hall–Kier alpha value is -2.38. The average Bonchev–Trinajstić information content (AvgIpc) is 2.54. The number of sulfonamides is 1. The molecule has 0 aliphatic carbocycles. The number of carboxylic acids is 1. The molecule has 122 valence electrons. The van der Waals surface area contributed by atoms with E-state index >= 15 is 0 Å². The highest BCUT2D eigenvalue weighted by atomic mass is 32.2. The lowest BCUT2D eigenvalue weighted by Gasteiger charge is -2.15. The Morgan fingerprint density at radius 1 is 1.13 bits per heavy atom. The zero-order valence-electron chi connectivity index (χ0n) is 12.8. The van der Waals surface area contributed by atoms with E-state index in [1.54, 1.807) is 14.0 Å². The second-order valence-corrected chi connectivity index (χ2v) is 6.73. The summed E-state index contributed by atoms with van der Waals surface area (Å²) in [5.41, 5.74) is 1.08. The predicted octanol–water partition coefficient (Wildman–Crippen LogP) is 2.47. The van der Waals surface area contributed by atoms with Gasteiger partial charge in [-0.3, -0.25) is 0 Å². The van der Waals surface area contributed by atoms with Gasteiger partial charge in [-0.15, -0.1) is 0 Å². The zero-order chi connectivity index (χ0) is 17.0. The topological polar surface area (TPSA) is 95.5 Å². The molecule has 0 spiro atoms. The highest BCUT2D eigenvalue weighted by Gasteiger charge is 2.21. The van der Waals surface area contributed by atoms with Crippen molar-refractivity contribution in [1.82, 2.24) is 4.72 Å². The molecule has 0 amide bonds. The Morgan fingerprint density at radius 2 is 1.78 bits per heavy atom. The Bertz CT molecular complexity index is 804. The number of aromatic carboxylic acids is 1. The second kappa shape index (κ2) is 6.80. The monoisotopic (exact) mass is 334 g/mol. The van der Waals surface area contributed by atoms with Crippen LogP contribution in [-0.4, -0.2) is 26.5 Å². The molecule has 2 aromatic rings. The van der Waals surface area contributed by atoms with E-state index in [9.17, 15) is 18.3 Å². The largest absolute Gasteiger partial charge is 0.478 e. The van der Waals surface area contributed by atoms with E-state index in [0.717, 1.165) is 11.6 Å². The summed E-state index contributed by atoms with van der Waals surface area (Å²) in [5, 5.41) is 11.9. The molecule has 23 heavy (non-hydrogen) atoms. The van der Waals surface area contributed by atoms with E-state index in [0.29, 0.717) is 5.69 Å². The van der Waals surface area contributed by atoms with Crippen LogP contribution in [-0.2, 0) is 10.0 Å². The fourth-order valence-electron chi connectivity index (χ4n) is 2.20. The van der Waals surface area contributed by atoms with Crippen LogP contribution in [0.4, 0.5) is 5.69 Å². The van der Waals surface area contributed by atoms with Crippen LogP contribution in [0.2, 0.25) is 0 Å². The number of carboxylic acid groups (broad SMARTS) is 1. The molecule has 2 rings (SSSR count). The van der Waals surface area contributed by atoms with Crippen LogP contribution in [0.3, 0.4) is 0 Å². The van der Waals surface area contributed by atoms with E-state index < -0.39 is 22.0 Å². The van der Waals surface area contributed by atoms with E-state index in [2.05, 4.69) is 10.0 Å². The predicted molar refractivity (Wildman–Crippen MR) is 88.1 cm³/mol. The summed E-state index contributed by atoms with van der Waals surface area (Å²) in [4.78, 5) is 11.2. The van der Waals surface area contributed by atoms with Gasteiger partial charge in [-0.05, 0) is 30.7 Å². The van der Waals surface area contributed by atoms with Gasteiger partial charge in [0.2, 0.25) is 10.0 Å². The average molecular weight is 334 g/mol. The molecule has 0 heterocycles. The first-order valence-electron chi connectivity index (χ1n) is 6.97. The molecular weight excluding hydrogens is 316 g/mol. The molecule has 0 saturated heterocycles. The molecule has 1 atom stereocenters. The summed E-state index contributed by atoms with van der Waals surface area (Å²) < 4.78 is 27.5. The minimum atomic E-state index is -3.83. The van der Waals surface area contributed by atoms with Crippen molar-refractivity contribution in [1.29, 1.82) is 0 Å². The first kappa shape index (κ1) is 17.0. The van der Waals surface area contributed by atoms with Crippen LogP contribution in [0, 0.1) is 0 Å². The molecule has 6 nitrogen and oxygen atoms in total. The quantitative estimate of drug-likeness (QED) is 0.754. The van der Waals surface area contributed by atoms with Crippen LogP contribution in [0.25, 0.3) is 0 Å². The highest BCUT2D eigenvalue weighted by molar-refractivity contribution is 7.89. The van der Waals surface area contributed by atoms with Gasteiger partial charge in [-0.2, -0.15) is 0 Å². The lowest BCUT2D eigenvalue weighted by Crippen LogP contribution is -2.27. The first-order valence-corrected chi connectivity index (χ1v) is 8.46. The third-order valence-electron chi connectivity index (χ3n) is 3.43. The minimum absolute atomic E-state index is 0.0864. The number of benzene rings is 2. The number of rotatable bonds is 6. The summed E-state index contributed by atoms with van der Waals surface area (Å²) >= 11 is 0. The van der Waals surface area contributed by atoms with Crippen molar-refractivity contribution in [2.24, 2.45) is 0 Å². The second-order valence-electron chi connectivity index (χ2n) is 5.02. The summed E-state index contributed by atoms with van der Waals surface area (Å²) in [7, 11) is -2.25. The standard InChI is InChI=1S/C16H18N2O4S/c1-11(12-6-4-3-5-7-12)18-23(21,22)13-8-9-15(17-2)14(10-13)16(19)20/h3-11,17-18H,1-2H3,(H,19,20). The molecule has 0 aliphatic rings. The first-order chi connectivity index (χ1) is 10.8. The Kier molecular flexibility index (Phi) is 5.02. The molecule has 2 aromatic carbocycles. The van der Waals surface area contributed by atoms with Gasteiger partial charge in [0.05, 0.1) is 10.5 Å². The van der Waals surface area contributed by atoms with E-state index in [1.807, 2.05) is 30.3 Å². The number of carbonyl (C=O) groups is 1. The summed E-state index contributed by atoms with van der Waals surface area (Å²) in [6.07, 6.45) is 0. The molecule has 0 bridgehead atoms. The molecule has 0 aromatic heterocycles. The van der Waals surface area contributed by atoms with Gasteiger partial charge in [0.15, 0.2) is 0 Å². The summed E-state index contributed by atoms with van der Waals surface area (Å²) in [6.45, 7) is 1.73. The van der Waals surface area contributed by atoms with Crippen molar-refractivity contribution in [2.45, 2.75) is 17.9 Å². The van der Waals surface area contributed by atoms with Crippen LogP contribution in [0.5, 0.6) is 0 Å². The van der Waals surface area contributed by atoms with Gasteiger partial charge in [0.1, 0.15) is 0 Å². The van der Waals surface area contributed by atoms with Gasteiger partial charge in [0.25, 0.3) is 0 Å². The van der Waals surface area contributed by atoms with Crippen molar-refractivity contribution in [3.63, 3.8) is 0 Å². The third-order valence-corrected chi connectivity index (χ3v) is 4.97. The molecule has 0 fully saturated rings. The van der Waals surface area contributed by atoms with E-state index in [4.69, 9.17) is 0 Å². The molecule has 0 radical (unpaired) electrons. The van der Waals surface area contributed by atoms with Gasteiger partial charge < -0.3 is 10.4 Å². The minimum Gasteiger partial charge on any atom is -0.478 e. The lowest BCUT2D eigenvalue weighted by atomic mass is 10.1. The Balaban J connectivity index is 2.33. The van der Waals surface area contributed by atoms with Crippen LogP contribution in [0.1, 0.15) is 28.9 Å². The van der Waals surface area contributed by atoms with E-state index in [-0.39, 0.29) is 10.5 Å². The maximum atomic E-state index is 12.5. The smallest absolute Gasteiger partial charge is 0.337 e. The van der Waals surface area contributed by atoms with Gasteiger partial charge >= 0.3 is 5.97 Å². The summed E-state index contributed by atoms with van der Waals surface area (Å²) in [5.74, 6) is -1.19. The molecular formula is C16H18N2O4S. The van der Waals surface area contributed by atoms with Crippen molar-refractivity contribution in [2.75, 3.05) is 12.4 Å². The van der Waals surface area contributed by atoms with Gasteiger partial charge in [-0.25, -0.2) is 17.9 Å². The van der Waals surface area contributed by atoms with Crippen molar-refractivity contribution < 1.29 is 18.3 Å². The van der Waals surface area contributed by atoms with Crippen LogP contribution < -0.4 is 10.0 Å². The van der Waals surface area contributed by atoms with Crippen molar-refractivity contribution in [3.05, 3.63) is 59.7 Å². The molecule has 7 heteroatoms. The zero-order valence-corrected chi connectivity index (χ0v) is 13.6. The highest BCUT2D eigenvalue weighted by Crippen LogP contribution is 2.22. The Labute approximate surface area is 135 Å². The number of hydrogen-bond donors (Lipinski definition) is 3. The number of nitrogens with one attached hydrogen (secondary N) is 2. The van der Waals surface area contributed by atoms with Crippen molar-refractivity contribution >= 4 is 21.7 Å². The molecule has 0 saturated carbocycles. The maximum absolute atomic E-state index is 12.5. The van der Waals surface area contributed by atoms with Crippen LogP contribution in [0.15, 0.2) is 53.4 Å². The molecule has 3 N–H and O–H groups in total. The number of anilines is 1. The van der Waals surface area contributed by atoms with E-state index in [1.165, 1.54) is 12.1 Å². The third kappa shape index (κ3) is 3.88. The molecule has 1 unspecified atom stereocenters. The Morgan fingerprint density at radius 3 is 2.35 bits per heavy atom. The van der Waals surface area contributed by atoms with Gasteiger partial charge in [-0.1, -0.05) is 30.3 Å².